The average molecular weight is 349 g/mol. The number of aromatic nitrogens is 2. The number of nitrogens with zero attached hydrogens (tertiary/aromatic N) is 2. The second-order valence-corrected chi connectivity index (χ2v) is 6.34. The summed E-state index contributed by atoms with van der Waals surface area (Å²) in [5.74, 6) is -0.661. The SMILES string of the molecule is Cc1sc2nc(COc3cc(F)ccc3[N+](=O)[O-])[nH]c(=O)c2c1C. The molecular weight excluding hydrogens is 337 g/mol. The standard InChI is InChI=1S/C15H12FN3O4S/c1-7-8(2)24-15-13(7)14(20)17-12(18-15)6-23-11-5-9(16)3-4-10(11)19(21)22/h3-5H,6H2,1-2H3,(H,17,18,20). The number of hydrogen-bond acceptors (Lipinski definition) is 6. The second-order valence-electron chi connectivity index (χ2n) is 5.13. The first kappa shape index (κ1) is 16.1. The monoisotopic (exact) mass is 349 g/mol. The molecule has 0 saturated heterocycles. The average Bonchev–Trinajstić information content (AvgIpc) is 2.80. The van der Waals surface area contributed by atoms with Crippen LogP contribution < -0.4 is 10.3 Å². The lowest BCUT2D eigenvalue weighted by Crippen LogP contribution is -2.13. The fourth-order valence-corrected chi connectivity index (χ4v) is 3.32. The Morgan fingerprint density at radius 3 is 2.88 bits per heavy atom. The van der Waals surface area contributed by atoms with Gasteiger partial charge in [0.1, 0.15) is 23.1 Å². The minimum absolute atomic E-state index is 0.215. The molecule has 0 fully saturated rings. The Labute approximate surface area is 138 Å². The Morgan fingerprint density at radius 1 is 1.42 bits per heavy atom. The molecule has 3 aromatic rings. The largest absolute Gasteiger partial charge is 0.479 e. The zero-order valence-electron chi connectivity index (χ0n) is 12.8. The molecule has 0 spiro atoms. The van der Waals surface area contributed by atoms with Crippen molar-refractivity contribution >= 4 is 27.2 Å². The van der Waals surface area contributed by atoms with Crippen LogP contribution in [0, 0.1) is 29.8 Å². The van der Waals surface area contributed by atoms with Gasteiger partial charge in [-0.15, -0.1) is 11.3 Å². The number of benzene rings is 1. The number of ether oxygens (including phenoxy) is 1. The summed E-state index contributed by atoms with van der Waals surface area (Å²) in [7, 11) is 0. The summed E-state index contributed by atoms with van der Waals surface area (Å²) >= 11 is 1.38. The Balaban J connectivity index is 1.93. The van der Waals surface area contributed by atoms with Gasteiger partial charge in [0.05, 0.1) is 10.3 Å². The number of hydrogen-bond donors (Lipinski definition) is 1. The third kappa shape index (κ3) is 2.85. The van der Waals surface area contributed by atoms with Gasteiger partial charge in [0.25, 0.3) is 5.56 Å². The summed E-state index contributed by atoms with van der Waals surface area (Å²) in [6, 6.07) is 2.93. The Bertz CT molecular complexity index is 1010. The summed E-state index contributed by atoms with van der Waals surface area (Å²) in [6.45, 7) is 3.52. The molecule has 1 N–H and O–H groups in total. The molecule has 24 heavy (non-hydrogen) atoms. The van der Waals surface area contributed by atoms with Crippen molar-refractivity contribution in [2.75, 3.05) is 0 Å². The number of nitro groups is 1. The van der Waals surface area contributed by atoms with Gasteiger partial charge in [-0.1, -0.05) is 0 Å². The number of H-pyrrole nitrogens is 1. The molecule has 0 aliphatic carbocycles. The number of fused-ring (bicyclic) bond motifs is 1. The highest BCUT2D eigenvalue weighted by Gasteiger charge is 2.17. The third-order valence-electron chi connectivity index (χ3n) is 3.57. The molecule has 1 aromatic carbocycles. The van der Waals surface area contributed by atoms with Crippen LogP contribution in [0.25, 0.3) is 10.2 Å². The maximum atomic E-state index is 13.3. The van der Waals surface area contributed by atoms with Crippen LogP contribution in [0.5, 0.6) is 5.75 Å². The van der Waals surface area contributed by atoms with Crippen molar-refractivity contribution in [2.45, 2.75) is 20.5 Å². The van der Waals surface area contributed by atoms with E-state index < -0.39 is 10.7 Å². The molecule has 0 amide bonds. The van der Waals surface area contributed by atoms with Crippen LogP contribution in [0.1, 0.15) is 16.3 Å². The van der Waals surface area contributed by atoms with Gasteiger partial charge < -0.3 is 9.72 Å². The predicted molar refractivity (Wildman–Crippen MR) is 87.1 cm³/mol. The van der Waals surface area contributed by atoms with Crippen LogP contribution in [0.15, 0.2) is 23.0 Å². The van der Waals surface area contributed by atoms with Gasteiger partial charge in [0.2, 0.25) is 0 Å². The number of nitro benzene ring substituents is 1. The lowest BCUT2D eigenvalue weighted by Gasteiger charge is -2.06. The molecular formula is C15H12FN3O4S. The highest BCUT2D eigenvalue weighted by atomic mass is 32.1. The zero-order chi connectivity index (χ0) is 17.4. The molecule has 0 aliphatic heterocycles. The van der Waals surface area contributed by atoms with Crippen molar-refractivity contribution in [3.8, 4) is 5.75 Å². The van der Waals surface area contributed by atoms with E-state index in [1.54, 1.807) is 0 Å². The lowest BCUT2D eigenvalue weighted by atomic mass is 10.2. The molecule has 0 saturated carbocycles. The van der Waals surface area contributed by atoms with Crippen LogP contribution in [-0.4, -0.2) is 14.9 Å². The third-order valence-corrected chi connectivity index (χ3v) is 4.67. The van der Waals surface area contributed by atoms with Gasteiger partial charge >= 0.3 is 5.69 Å². The zero-order valence-corrected chi connectivity index (χ0v) is 13.6. The van der Waals surface area contributed by atoms with Crippen LogP contribution >= 0.6 is 11.3 Å². The van der Waals surface area contributed by atoms with E-state index in [9.17, 15) is 19.3 Å². The van der Waals surface area contributed by atoms with Gasteiger partial charge in [-0.25, -0.2) is 9.37 Å². The maximum absolute atomic E-state index is 13.3. The van der Waals surface area contributed by atoms with Crippen LogP contribution in [0.3, 0.4) is 0 Å². The number of rotatable bonds is 4. The van der Waals surface area contributed by atoms with Crippen molar-refractivity contribution < 1.29 is 14.1 Å². The van der Waals surface area contributed by atoms with Crippen molar-refractivity contribution in [3.63, 3.8) is 0 Å². The van der Waals surface area contributed by atoms with Crippen molar-refractivity contribution in [2.24, 2.45) is 0 Å². The second kappa shape index (κ2) is 6.00. The van der Waals surface area contributed by atoms with Crippen molar-refractivity contribution in [1.29, 1.82) is 0 Å². The first-order valence-electron chi connectivity index (χ1n) is 6.92. The molecule has 9 heteroatoms. The maximum Gasteiger partial charge on any atom is 0.311 e. The smallest absolute Gasteiger partial charge is 0.311 e. The number of aryl methyl sites for hydroxylation is 2. The molecule has 0 aliphatic rings. The molecule has 7 nitrogen and oxygen atoms in total. The highest BCUT2D eigenvalue weighted by molar-refractivity contribution is 7.18. The quantitative estimate of drug-likeness (QED) is 0.576. The molecule has 124 valence electrons. The number of aromatic amines is 1. The van der Waals surface area contributed by atoms with Crippen LogP contribution in [0.4, 0.5) is 10.1 Å². The summed E-state index contributed by atoms with van der Waals surface area (Å²) < 4.78 is 18.6. The van der Waals surface area contributed by atoms with E-state index >= 15 is 0 Å². The normalized spacial score (nSPS) is 11.0. The van der Waals surface area contributed by atoms with Crippen molar-refractivity contribution in [1.82, 2.24) is 9.97 Å². The molecule has 0 unspecified atom stereocenters. The van der Waals surface area contributed by atoms with E-state index in [1.807, 2.05) is 13.8 Å². The molecule has 0 atom stereocenters. The summed E-state index contributed by atoms with van der Waals surface area (Å²) in [4.78, 5) is 30.9. The van der Waals surface area contributed by atoms with E-state index in [4.69, 9.17) is 4.74 Å². The first-order chi connectivity index (χ1) is 11.4. The Hall–Kier alpha value is -2.81. The van der Waals surface area contributed by atoms with E-state index in [0.29, 0.717) is 10.2 Å². The van der Waals surface area contributed by atoms with Gasteiger partial charge in [-0.05, 0) is 25.5 Å². The Kier molecular flexibility index (Phi) is 4.02. The topological polar surface area (TPSA) is 98.1 Å². The van der Waals surface area contributed by atoms with Gasteiger partial charge in [0.15, 0.2) is 5.75 Å². The molecule has 0 bridgehead atoms. The minimum atomic E-state index is -0.667. The van der Waals surface area contributed by atoms with Crippen molar-refractivity contribution in [3.05, 3.63) is 60.7 Å². The molecule has 3 rings (SSSR count). The molecule has 0 radical (unpaired) electrons. The van der Waals surface area contributed by atoms with E-state index in [-0.39, 0.29) is 29.4 Å². The van der Waals surface area contributed by atoms with E-state index in [1.165, 1.54) is 11.3 Å². The van der Waals surface area contributed by atoms with Gasteiger partial charge in [0, 0.05) is 17.0 Å². The van der Waals surface area contributed by atoms with Gasteiger partial charge in [-0.3, -0.25) is 14.9 Å². The fraction of sp³-hybridized carbons (Fsp3) is 0.200. The molecule has 2 aromatic heterocycles. The predicted octanol–water partition coefficient (Wildman–Crippen LogP) is 3.23. The lowest BCUT2D eigenvalue weighted by molar-refractivity contribution is -0.386. The van der Waals surface area contributed by atoms with E-state index in [2.05, 4.69) is 9.97 Å². The number of thiophene rings is 1. The van der Waals surface area contributed by atoms with E-state index in [0.717, 1.165) is 28.6 Å². The fourth-order valence-electron chi connectivity index (χ4n) is 2.27. The highest BCUT2D eigenvalue weighted by Crippen LogP contribution is 2.29. The Morgan fingerprint density at radius 2 is 2.17 bits per heavy atom. The summed E-state index contributed by atoms with van der Waals surface area (Å²) in [5.41, 5.74) is 0.216. The minimum Gasteiger partial charge on any atom is -0.479 e. The summed E-state index contributed by atoms with van der Waals surface area (Å²) in [5, 5.41) is 11.5. The number of nitrogens with one attached hydrogen (secondary N) is 1. The summed E-state index contributed by atoms with van der Waals surface area (Å²) in [6.07, 6.45) is 0. The first-order valence-corrected chi connectivity index (χ1v) is 7.74. The molecule has 2 heterocycles. The van der Waals surface area contributed by atoms with Crippen LogP contribution in [0.2, 0.25) is 0 Å². The van der Waals surface area contributed by atoms with Gasteiger partial charge in [-0.2, -0.15) is 0 Å². The number of halogens is 1. The van der Waals surface area contributed by atoms with Crippen LogP contribution in [-0.2, 0) is 6.61 Å².